The Morgan fingerprint density at radius 1 is 1.03 bits per heavy atom. The summed E-state index contributed by atoms with van der Waals surface area (Å²) in [5.74, 6) is -3.80. The third kappa shape index (κ3) is 5.54. The van der Waals surface area contributed by atoms with Crippen LogP contribution in [-0.4, -0.2) is 5.97 Å². The predicted molar refractivity (Wildman–Crippen MR) is 129 cm³/mol. The van der Waals surface area contributed by atoms with Gasteiger partial charge in [0.2, 0.25) is 11.2 Å². The predicted octanol–water partition coefficient (Wildman–Crippen LogP) is 6.73. The summed E-state index contributed by atoms with van der Waals surface area (Å²) in [4.78, 5) is 25.5. The van der Waals surface area contributed by atoms with Crippen molar-refractivity contribution >= 4 is 23.0 Å². The third-order valence-corrected chi connectivity index (χ3v) is 5.30. The molecular formula is C28H18F3NO5. The molecule has 0 atom stereocenters. The Morgan fingerprint density at radius 3 is 2.43 bits per heavy atom. The van der Waals surface area contributed by atoms with Gasteiger partial charge >= 0.3 is 12.1 Å². The lowest BCUT2D eigenvalue weighted by atomic mass is 10.1. The number of nitrogens with zero attached hydrogens (tertiary/aromatic N) is 1. The van der Waals surface area contributed by atoms with Crippen LogP contribution in [0.15, 0.2) is 81.5 Å². The van der Waals surface area contributed by atoms with Gasteiger partial charge in [-0.25, -0.2) is 4.79 Å². The lowest BCUT2D eigenvalue weighted by Gasteiger charge is -2.15. The van der Waals surface area contributed by atoms with Gasteiger partial charge in [-0.2, -0.15) is 18.4 Å². The third-order valence-electron chi connectivity index (χ3n) is 5.30. The van der Waals surface area contributed by atoms with E-state index in [1.807, 2.05) is 0 Å². The van der Waals surface area contributed by atoms with Crippen LogP contribution in [-0.2, 0) is 11.0 Å². The Hall–Kier alpha value is -4.84. The number of nitriles is 1. The molecule has 4 rings (SSSR count). The zero-order valence-electron chi connectivity index (χ0n) is 19.6. The maximum absolute atomic E-state index is 13.9. The smallest absolute Gasteiger partial charge is 0.449 e. The lowest BCUT2D eigenvalue weighted by molar-refractivity contribution is -0.154. The van der Waals surface area contributed by atoms with E-state index in [2.05, 4.69) is 0 Å². The Labute approximate surface area is 208 Å². The van der Waals surface area contributed by atoms with Gasteiger partial charge in [0.25, 0.3) is 5.76 Å². The fourth-order valence-corrected chi connectivity index (χ4v) is 3.44. The van der Waals surface area contributed by atoms with E-state index in [1.54, 1.807) is 62.4 Å². The molecule has 0 amide bonds. The van der Waals surface area contributed by atoms with Crippen LogP contribution in [0.5, 0.6) is 17.2 Å². The van der Waals surface area contributed by atoms with Gasteiger partial charge in [-0.1, -0.05) is 42.5 Å². The number of fused-ring (bicyclic) bond motifs is 1. The van der Waals surface area contributed by atoms with Crippen LogP contribution in [0.1, 0.15) is 22.5 Å². The fourth-order valence-electron chi connectivity index (χ4n) is 3.44. The van der Waals surface area contributed by atoms with E-state index in [-0.39, 0.29) is 22.5 Å². The minimum Gasteiger partial charge on any atom is -0.449 e. The first-order valence-electron chi connectivity index (χ1n) is 10.9. The summed E-state index contributed by atoms with van der Waals surface area (Å²) in [6.45, 7) is 3.36. The zero-order chi connectivity index (χ0) is 26.7. The second-order valence-electron chi connectivity index (χ2n) is 8.09. The average molecular weight is 505 g/mol. The minimum atomic E-state index is -5.06. The zero-order valence-corrected chi connectivity index (χ0v) is 19.6. The van der Waals surface area contributed by atoms with Crippen molar-refractivity contribution in [3.8, 4) is 23.3 Å². The highest BCUT2D eigenvalue weighted by molar-refractivity contribution is 5.99. The van der Waals surface area contributed by atoms with Gasteiger partial charge in [0.1, 0.15) is 28.7 Å². The second kappa shape index (κ2) is 10.0. The van der Waals surface area contributed by atoms with Gasteiger partial charge in [0.05, 0.1) is 5.39 Å². The molecule has 37 heavy (non-hydrogen) atoms. The topological polar surface area (TPSA) is 89.5 Å². The van der Waals surface area contributed by atoms with Crippen LogP contribution >= 0.6 is 0 Å². The number of alkyl halides is 3. The summed E-state index contributed by atoms with van der Waals surface area (Å²) >= 11 is 0. The van der Waals surface area contributed by atoms with Gasteiger partial charge in [0, 0.05) is 6.07 Å². The number of aryl methyl sites for hydroxylation is 2. The Balaban J connectivity index is 1.74. The Morgan fingerprint density at radius 2 is 1.76 bits per heavy atom. The molecule has 0 N–H and O–H groups in total. The number of hydrogen-bond acceptors (Lipinski definition) is 6. The van der Waals surface area contributed by atoms with E-state index >= 15 is 0 Å². The summed E-state index contributed by atoms with van der Waals surface area (Å²) in [6.07, 6.45) is -3.75. The molecule has 0 bridgehead atoms. The second-order valence-corrected chi connectivity index (χ2v) is 8.09. The van der Waals surface area contributed by atoms with Crippen LogP contribution in [0.4, 0.5) is 13.2 Å². The van der Waals surface area contributed by atoms with Crippen LogP contribution in [0.25, 0.3) is 17.0 Å². The molecule has 186 valence electrons. The van der Waals surface area contributed by atoms with Crippen molar-refractivity contribution in [1.29, 1.82) is 5.26 Å². The number of rotatable bonds is 5. The molecule has 4 aromatic rings. The van der Waals surface area contributed by atoms with Crippen molar-refractivity contribution in [1.82, 2.24) is 0 Å². The first-order valence-corrected chi connectivity index (χ1v) is 10.9. The molecule has 1 heterocycles. The van der Waals surface area contributed by atoms with Gasteiger partial charge in [-0.15, -0.1) is 0 Å². The normalized spacial score (nSPS) is 11.7. The molecular weight excluding hydrogens is 487 g/mol. The summed E-state index contributed by atoms with van der Waals surface area (Å²) < 4.78 is 57.3. The standard InChI is InChI=1S/C28H18F3NO5/c1-16-8-9-17(2)22(12-16)36-25-24(33)21-11-10-20(14-23(21)37-26(25)28(29,30)31)35-27(34)19(15-32)13-18-6-4-3-5-7-18/h3-14H,1-2H3/b19-13+. The summed E-state index contributed by atoms with van der Waals surface area (Å²) in [7, 11) is 0. The number of esters is 1. The van der Waals surface area contributed by atoms with E-state index in [9.17, 15) is 28.0 Å². The first kappa shape index (κ1) is 25.3. The number of carbonyl (C=O) groups excluding carboxylic acids is 1. The Bertz CT molecular complexity index is 1630. The van der Waals surface area contributed by atoms with Crippen molar-refractivity contribution < 1.29 is 31.9 Å². The van der Waals surface area contributed by atoms with Gasteiger partial charge in [-0.05, 0) is 54.8 Å². The molecule has 0 unspecified atom stereocenters. The van der Waals surface area contributed by atoms with Gasteiger partial charge in [0.15, 0.2) is 0 Å². The van der Waals surface area contributed by atoms with E-state index in [0.29, 0.717) is 11.1 Å². The van der Waals surface area contributed by atoms with Crippen molar-refractivity contribution in [2.24, 2.45) is 0 Å². The molecule has 0 aliphatic carbocycles. The Kier molecular flexibility index (Phi) is 6.85. The van der Waals surface area contributed by atoms with Crippen LogP contribution in [0.3, 0.4) is 0 Å². The SMILES string of the molecule is Cc1ccc(C)c(Oc2c(C(F)(F)F)oc3cc(OC(=O)/C(C#N)=C/c4ccccc4)ccc3c2=O)c1. The largest absolute Gasteiger partial charge is 0.453 e. The highest BCUT2D eigenvalue weighted by Crippen LogP contribution is 2.39. The number of benzene rings is 3. The fraction of sp³-hybridized carbons (Fsp3) is 0.107. The van der Waals surface area contributed by atoms with Crippen LogP contribution in [0.2, 0.25) is 0 Å². The highest BCUT2D eigenvalue weighted by atomic mass is 19.4. The molecule has 0 fully saturated rings. The molecule has 0 saturated carbocycles. The highest BCUT2D eigenvalue weighted by Gasteiger charge is 2.40. The van der Waals surface area contributed by atoms with E-state index < -0.39 is 34.7 Å². The van der Waals surface area contributed by atoms with Crippen LogP contribution in [0, 0.1) is 25.2 Å². The maximum Gasteiger partial charge on any atom is 0.453 e. The van der Waals surface area contributed by atoms with Crippen LogP contribution < -0.4 is 14.9 Å². The number of ether oxygens (including phenoxy) is 2. The molecule has 6 nitrogen and oxygen atoms in total. The monoisotopic (exact) mass is 505 g/mol. The molecule has 1 aromatic heterocycles. The molecule has 0 aliphatic heterocycles. The van der Waals surface area contributed by atoms with E-state index in [1.165, 1.54) is 18.2 Å². The van der Waals surface area contributed by atoms with Crippen molar-refractivity contribution in [2.75, 3.05) is 0 Å². The van der Waals surface area contributed by atoms with Gasteiger partial charge < -0.3 is 13.9 Å². The lowest BCUT2D eigenvalue weighted by Crippen LogP contribution is -2.16. The summed E-state index contributed by atoms with van der Waals surface area (Å²) in [5, 5.41) is 9.13. The molecule has 0 saturated heterocycles. The molecule has 3 aromatic carbocycles. The van der Waals surface area contributed by atoms with Gasteiger partial charge in [-0.3, -0.25) is 4.79 Å². The minimum absolute atomic E-state index is 0.0805. The summed E-state index contributed by atoms with van der Waals surface area (Å²) in [6, 6.07) is 18.5. The quantitative estimate of drug-likeness (QED) is 0.129. The first-order chi connectivity index (χ1) is 17.6. The number of carbonyl (C=O) groups is 1. The van der Waals surface area contributed by atoms with Crippen molar-refractivity contribution in [3.05, 3.63) is 105 Å². The van der Waals surface area contributed by atoms with E-state index in [0.717, 1.165) is 17.7 Å². The number of hydrogen-bond donors (Lipinski definition) is 0. The molecule has 0 aliphatic rings. The van der Waals surface area contributed by atoms with Crippen molar-refractivity contribution in [2.45, 2.75) is 20.0 Å². The van der Waals surface area contributed by atoms with E-state index in [4.69, 9.17) is 13.9 Å². The average Bonchev–Trinajstić information content (AvgIpc) is 2.86. The molecule has 9 heteroatoms. The van der Waals surface area contributed by atoms with Crippen molar-refractivity contribution in [3.63, 3.8) is 0 Å². The molecule has 0 radical (unpaired) electrons. The maximum atomic E-state index is 13.9. The molecule has 0 spiro atoms. The number of halogens is 3. The summed E-state index contributed by atoms with van der Waals surface area (Å²) in [5.41, 5.74) is -0.0237.